The largest absolute Gasteiger partial charge is 2.00 e. The maximum Gasteiger partial charge on any atom is 2.00 e. The van der Waals surface area contributed by atoms with Gasteiger partial charge in [-0.1, -0.05) is 0 Å². The van der Waals surface area contributed by atoms with Crippen LogP contribution in [0.25, 0.3) is 0 Å². The zero-order chi connectivity index (χ0) is 11.0. The molecule has 0 aliphatic rings. The Morgan fingerprint density at radius 1 is 0.769 bits per heavy atom. The summed E-state index contributed by atoms with van der Waals surface area (Å²) in [5.74, 6) is 0. The molecule has 0 aromatic heterocycles. The Labute approximate surface area is 87.5 Å². The summed E-state index contributed by atoms with van der Waals surface area (Å²) in [6, 6.07) is 0. The molecule has 0 aliphatic carbocycles. The van der Waals surface area contributed by atoms with Gasteiger partial charge in [0.2, 0.25) is 0 Å². The molecule has 0 aliphatic heterocycles. The van der Waals surface area contributed by atoms with Crippen molar-refractivity contribution in [2.45, 2.75) is 0 Å². The summed E-state index contributed by atoms with van der Waals surface area (Å²) in [6.45, 7) is 0. The van der Waals surface area contributed by atoms with Crippen LogP contribution in [-0.2, 0) is 37.9 Å². The van der Waals surface area contributed by atoms with E-state index in [0.717, 1.165) is 0 Å². The quantitative estimate of drug-likeness (QED) is 0.221. The van der Waals surface area contributed by atoms with Crippen molar-refractivity contribution < 1.29 is 57.0 Å². The Bertz CT molecular complexity index is 214. The Hall–Kier alpha value is 0.519. The molecule has 80 valence electrons. The van der Waals surface area contributed by atoms with Gasteiger partial charge in [-0.2, -0.15) is 0 Å². The molecule has 2 radical (unpaired) electrons. The fraction of sp³-hybridized carbons (Fsp3) is 0. The van der Waals surface area contributed by atoms with E-state index in [4.69, 9.17) is 39.9 Å². The first kappa shape index (κ1) is 23.4. The molecule has 0 saturated heterocycles. The maximum atomic E-state index is 8.52. The first-order valence-electron chi connectivity index (χ1n) is 1.53. The molecule has 0 unspecified atom stereocenters. The Kier molecular flexibility index (Phi) is 19.1. The van der Waals surface area contributed by atoms with E-state index in [0.29, 0.717) is 0 Å². The van der Waals surface area contributed by atoms with Crippen LogP contribution in [0.4, 0.5) is 0 Å². The van der Waals surface area contributed by atoms with E-state index >= 15 is 0 Å². The van der Waals surface area contributed by atoms with Crippen molar-refractivity contribution in [2.75, 3.05) is 0 Å². The van der Waals surface area contributed by atoms with Gasteiger partial charge in [0.15, 0.2) is 0 Å². The summed E-state index contributed by atoms with van der Waals surface area (Å²) >= 11 is 0. The van der Waals surface area contributed by atoms with Crippen molar-refractivity contribution in [3.63, 3.8) is 0 Å². The summed E-state index contributed by atoms with van der Waals surface area (Å²) < 4.78 is 68.2. The van der Waals surface area contributed by atoms with Gasteiger partial charge in [0.05, 0.1) is 0 Å². The fourth-order valence-electron chi connectivity index (χ4n) is 0. The van der Waals surface area contributed by atoms with Gasteiger partial charge in [-0.3, -0.25) is 16.8 Å². The van der Waals surface area contributed by atoms with Crippen molar-refractivity contribution in [3.05, 3.63) is 0 Å². The fourth-order valence-corrected chi connectivity index (χ4v) is 0. The van der Waals surface area contributed by atoms with Crippen LogP contribution in [0.1, 0.15) is 0 Å². The number of hydrogen-bond donors (Lipinski definition) is 1. The van der Waals surface area contributed by atoms with Crippen molar-refractivity contribution in [2.24, 2.45) is 0 Å². The van der Waals surface area contributed by atoms with Crippen molar-refractivity contribution in [1.82, 2.24) is 0 Å². The normalized spacial score (nSPS) is 9.31. The second-order valence-electron chi connectivity index (χ2n) is 0.816. The van der Waals surface area contributed by atoms with Gasteiger partial charge in [0.1, 0.15) is 4.89 Å². The summed E-state index contributed by atoms with van der Waals surface area (Å²) in [7, 11) is -7.81. The molecule has 0 fully saturated rings. The summed E-state index contributed by atoms with van der Waals surface area (Å²) in [6.07, 6.45) is 0. The zero-order valence-electron chi connectivity index (χ0n) is 5.33. The van der Waals surface area contributed by atoms with E-state index in [1.807, 2.05) is 0 Å². The van der Waals surface area contributed by atoms with Gasteiger partial charge >= 0.3 is 26.5 Å². The van der Waals surface area contributed by atoms with E-state index in [1.54, 1.807) is 0 Å². The molecule has 0 heterocycles. The first-order valence-corrected chi connectivity index (χ1v) is 4.60. The minimum Gasteiger partial charge on any atom is -0.759 e. The molecular formula is HFeO9PS2. The molecule has 0 spiro atoms. The van der Waals surface area contributed by atoms with Crippen LogP contribution in [0.2, 0.25) is 0 Å². The van der Waals surface area contributed by atoms with Gasteiger partial charge in [0, 0.05) is 20.8 Å². The predicted octanol–water partition coefficient (Wildman–Crippen LogP) is -2.37. The van der Waals surface area contributed by atoms with E-state index in [2.05, 4.69) is 9.47 Å². The molecule has 0 saturated carbocycles. The Morgan fingerprint density at radius 3 is 0.769 bits per heavy atom. The average molecular weight is 296 g/mol. The van der Waals surface area contributed by atoms with Crippen LogP contribution in [0.15, 0.2) is 0 Å². The average Bonchev–Trinajstić information content (AvgIpc) is 1.59. The van der Waals surface area contributed by atoms with Crippen LogP contribution < -0.4 is 0 Å². The van der Waals surface area contributed by atoms with Gasteiger partial charge in [-0.15, -0.1) is 0 Å². The standard InChI is InChI=1S/Fe.2H2O4S.HOP/c;2*1-5(2,3)4;1-2/h;2*(H2,1,2,3,4);1H/q+2;;;+2/p-4. The summed E-state index contributed by atoms with van der Waals surface area (Å²) in [5.41, 5.74) is 0. The van der Waals surface area contributed by atoms with Crippen LogP contribution in [0.5, 0.6) is 0 Å². The molecular weight excluding hydrogens is 295 g/mol. The molecule has 1 N–H and O–H groups in total. The Balaban J connectivity index is -0.0000000491. The summed E-state index contributed by atoms with van der Waals surface area (Å²) in [4.78, 5) is 6.69. The van der Waals surface area contributed by atoms with Crippen LogP contribution in [-0.4, -0.2) is 39.9 Å². The molecule has 13 heteroatoms. The third kappa shape index (κ3) is 5130. The molecule has 9 nitrogen and oxygen atoms in total. The minimum absolute atomic E-state index is 0. The molecule has 0 atom stereocenters. The Morgan fingerprint density at radius 2 is 0.769 bits per heavy atom. The van der Waals surface area contributed by atoms with Gasteiger partial charge in [-0.05, 0) is 0 Å². The monoisotopic (exact) mass is 296 g/mol. The molecule has 0 amide bonds. The molecule has 0 rings (SSSR count). The van der Waals surface area contributed by atoms with Crippen molar-refractivity contribution in [1.29, 1.82) is 0 Å². The maximum absolute atomic E-state index is 8.52. The van der Waals surface area contributed by atoms with E-state index < -0.39 is 20.8 Å². The minimum atomic E-state index is -5.17. The molecule has 13 heavy (non-hydrogen) atoms. The van der Waals surface area contributed by atoms with Gasteiger partial charge in [0.25, 0.3) is 0 Å². The molecule has 0 aromatic carbocycles. The van der Waals surface area contributed by atoms with E-state index in [9.17, 15) is 0 Å². The molecule has 0 bridgehead atoms. The van der Waals surface area contributed by atoms with Crippen molar-refractivity contribution in [3.8, 4) is 0 Å². The molecule has 0 aromatic rings. The second kappa shape index (κ2) is 10.6. The predicted molar refractivity (Wildman–Crippen MR) is 30.1 cm³/mol. The second-order valence-corrected chi connectivity index (χ2v) is 2.45. The zero-order valence-corrected chi connectivity index (χ0v) is 8.96. The number of hydrogen-bond acceptors (Lipinski definition) is 9. The van der Waals surface area contributed by atoms with Crippen LogP contribution >= 0.6 is 9.47 Å². The van der Waals surface area contributed by atoms with Crippen LogP contribution in [0.3, 0.4) is 0 Å². The first-order chi connectivity index (χ1) is 5.00. The van der Waals surface area contributed by atoms with E-state index in [1.165, 1.54) is 0 Å². The third-order valence-corrected chi connectivity index (χ3v) is 0. The van der Waals surface area contributed by atoms with Gasteiger partial charge < -0.3 is 18.2 Å². The SMILES string of the molecule is O=S(=O)([O-])[O-].O=S(=O)([O-])[O-].O[P+2].[Fe+2]. The summed E-state index contributed by atoms with van der Waals surface area (Å²) in [5, 5.41) is 0. The van der Waals surface area contributed by atoms with Crippen molar-refractivity contribution >= 4 is 30.3 Å². The van der Waals surface area contributed by atoms with Crippen LogP contribution in [0, 0.1) is 0 Å². The van der Waals surface area contributed by atoms with E-state index in [-0.39, 0.29) is 17.1 Å². The third-order valence-electron chi connectivity index (χ3n) is 0. The smallest absolute Gasteiger partial charge is 0.759 e. The number of rotatable bonds is 0. The van der Waals surface area contributed by atoms with Gasteiger partial charge in [-0.25, -0.2) is 0 Å². The topological polar surface area (TPSA) is 181 Å².